The first-order valence-corrected chi connectivity index (χ1v) is 7.13. The van der Waals surface area contributed by atoms with Gasteiger partial charge >= 0.3 is 5.63 Å². The number of carbonyl (C=O) groups excluding carboxylic acids is 1. The fourth-order valence-corrected chi connectivity index (χ4v) is 2.32. The molecule has 8 heteroatoms. The number of halogens is 3. The molecule has 0 saturated heterocycles. The van der Waals surface area contributed by atoms with Crippen molar-refractivity contribution in [1.29, 1.82) is 0 Å². The molecule has 0 saturated carbocycles. The summed E-state index contributed by atoms with van der Waals surface area (Å²) >= 11 is 3.28. The van der Waals surface area contributed by atoms with E-state index in [9.17, 15) is 18.4 Å². The number of fused-ring (bicyclic) bond motifs is 1. The lowest BCUT2D eigenvalue weighted by Crippen LogP contribution is -2.42. The second-order valence-corrected chi connectivity index (χ2v) is 5.69. The predicted molar refractivity (Wildman–Crippen MR) is 81.3 cm³/mol. The van der Waals surface area contributed by atoms with Crippen LogP contribution in [0.1, 0.15) is 15.9 Å². The number of nitrogens with one attached hydrogen (secondary N) is 1. The summed E-state index contributed by atoms with van der Waals surface area (Å²) < 4.78 is 32.0. The molecule has 0 unspecified atom stereocenters. The van der Waals surface area contributed by atoms with E-state index >= 15 is 0 Å². The molecule has 22 heavy (non-hydrogen) atoms. The van der Waals surface area contributed by atoms with Crippen molar-refractivity contribution in [3.63, 3.8) is 0 Å². The van der Waals surface area contributed by atoms with Crippen molar-refractivity contribution in [2.45, 2.75) is 12.8 Å². The SMILES string of the molecule is Cc1c(C(=O)NCC(F)(F)CN)c(=O)oc2ccc(Br)cc12. The maximum absolute atomic E-state index is 13.1. The molecule has 2 rings (SSSR count). The lowest BCUT2D eigenvalue weighted by atomic mass is 10.1. The van der Waals surface area contributed by atoms with E-state index < -0.39 is 30.5 Å². The minimum absolute atomic E-state index is 0.293. The predicted octanol–water partition coefficient (Wildman–Crippen LogP) is 2.19. The molecule has 1 aromatic heterocycles. The minimum atomic E-state index is -3.23. The van der Waals surface area contributed by atoms with Crippen molar-refractivity contribution >= 4 is 32.8 Å². The maximum atomic E-state index is 13.1. The molecule has 0 fully saturated rings. The van der Waals surface area contributed by atoms with Crippen LogP contribution in [-0.2, 0) is 0 Å². The first-order valence-electron chi connectivity index (χ1n) is 6.34. The van der Waals surface area contributed by atoms with Crippen LogP contribution in [0.25, 0.3) is 11.0 Å². The van der Waals surface area contributed by atoms with Gasteiger partial charge in [0.15, 0.2) is 0 Å². The quantitative estimate of drug-likeness (QED) is 0.803. The lowest BCUT2D eigenvalue weighted by Gasteiger charge is -2.15. The molecule has 0 aliphatic carbocycles. The normalized spacial score (nSPS) is 11.7. The third-order valence-corrected chi connectivity index (χ3v) is 3.65. The van der Waals surface area contributed by atoms with Crippen LogP contribution in [0.15, 0.2) is 31.9 Å². The van der Waals surface area contributed by atoms with Gasteiger partial charge in [0.2, 0.25) is 0 Å². The number of carbonyl (C=O) groups is 1. The summed E-state index contributed by atoms with van der Waals surface area (Å²) in [5.41, 5.74) is 4.40. The van der Waals surface area contributed by atoms with Gasteiger partial charge in [-0.05, 0) is 30.7 Å². The Labute approximate surface area is 132 Å². The van der Waals surface area contributed by atoms with Gasteiger partial charge in [-0.1, -0.05) is 15.9 Å². The van der Waals surface area contributed by atoms with E-state index in [1.165, 1.54) is 0 Å². The Morgan fingerprint density at radius 2 is 2.14 bits per heavy atom. The van der Waals surface area contributed by atoms with E-state index in [0.29, 0.717) is 16.5 Å². The molecule has 1 heterocycles. The van der Waals surface area contributed by atoms with Crippen molar-refractivity contribution in [2.24, 2.45) is 5.73 Å². The van der Waals surface area contributed by atoms with Crippen molar-refractivity contribution < 1.29 is 18.0 Å². The maximum Gasteiger partial charge on any atom is 0.349 e. The zero-order valence-electron chi connectivity index (χ0n) is 11.6. The Balaban J connectivity index is 2.43. The molecule has 0 aliphatic heterocycles. The minimum Gasteiger partial charge on any atom is -0.422 e. The van der Waals surface area contributed by atoms with Crippen LogP contribution in [0, 0.1) is 6.92 Å². The number of hydrogen-bond donors (Lipinski definition) is 2. The molecule has 0 atom stereocenters. The van der Waals surface area contributed by atoms with Crippen molar-refractivity contribution in [2.75, 3.05) is 13.1 Å². The topological polar surface area (TPSA) is 85.3 Å². The standard InChI is InChI=1S/C14H13BrF2N2O3/c1-7-9-4-8(15)2-3-10(9)22-13(21)11(7)12(20)19-6-14(16,17)5-18/h2-4H,5-6,18H2,1H3,(H,19,20). The van der Waals surface area contributed by atoms with E-state index in [-0.39, 0.29) is 5.56 Å². The van der Waals surface area contributed by atoms with E-state index in [2.05, 4.69) is 15.9 Å². The van der Waals surface area contributed by atoms with Gasteiger partial charge < -0.3 is 15.5 Å². The van der Waals surface area contributed by atoms with Crippen molar-refractivity contribution in [3.8, 4) is 0 Å². The van der Waals surface area contributed by atoms with Crippen LogP contribution >= 0.6 is 15.9 Å². The van der Waals surface area contributed by atoms with Gasteiger partial charge in [-0.25, -0.2) is 13.6 Å². The second-order valence-electron chi connectivity index (χ2n) is 4.77. The molecule has 0 spiro atoms. The smallest absolute Gasteiger partial charge is 0.349 e. The fourth-order valence-electron chi connectivity index (χ4n) is 1.96. The highest BCUT2D eigenvalue weighted by Gasteiger charge is 2.28. The van der Waals surface area contributed by atoms with Gasteiger partial charge in [0.1, 0.15) is 11.1 Å². The number of nitrogens with two attached hydrogens (primary N) is 1. The van der Waals surface area contributed by atoms with Crippen LogP contribution in [-0.4, -0.2) is 24.9 Å². The highest BCUT2D eigenvalue weighted by atomic mass is 79.9. The Bertz CT molecular complexity index is 789. The molecule has 1 aromatic carbocycles. The summed E-state index contributed by atoms with van der Waals surface area (Å²) in [6, 6.07) is 4.95. The molecular weight excluding hydrogens is 362 g/mol. The number of hydrogen-bond acceptors (Lipinski definition) is 4. The Morgan fingerprint density at radius 1 is 1.45 bits per heavy atom. The summed E-state index contributed by atoms with van der Waals surface area (Å²) in [4.78, 5) is 23.9. The van der Waals surface area contributed by atoms with Gasteiger partial charge in [-0.3, -0.25) is 4.79 Å². The zero-order valence-corrected chi connectivity index (χ0v) is 13.2. The molecule has 0 radical (unpaired) electrons. The fraction of sp³-hybridized carbons (Fsp3) is 0.286. The molecule has 0 bridgehead atoms. The molecule has 118 valence electrons. The third kappa shape index (κ3) is 3.33. The van der Waals surface area contributed by atoms with Crippen LogP contribution in [0.2, 0.25) is 0 Å². The van der Waals surface area contributed by atoms with Gasteiger partial charge in [0.25, 0.3) is 11.8 Å². The molecule has 2 aromatic rings. The second kappa shape index (κ2) is 6.13. The van der Waals surface area contributed by atoms with E-state index in [1.54, 1.807) is 25.1 Å². The van der Waals surface area contributed by atoms with E-state index in [4.69, 9.17) is 10.2 Å². The summed E-state index contributed by atoms with van der Waals surface area (Å²) in [6.07, 6.45) is 0. The number of rotatable bonds is 4. The van der Waals surface area contributed by atoms with Gasteiger partial charge in [-0.2, -0.15) is 0 Å². The summed E-state index contributed by atoms with van der Waals surface area (Å²) in [5, 5.41) is 2.56. The molecular formula is C14H13BrF2N2O3. The average Bonchev–Trinajstić information content (AvgIpc) is 2.46. The molecule has 0 aliphatic rings. The van der Waals surface area contributed by atoms with Gasteiger partial charge in [-0.15, -0.1) is 0 Å². The van der Waals surface area contributed by atoms with E-state index in [0.717, 1.165) is 4.47 Å². The van der Waals surface area contributed by atoms with Crippen molar-refractivity contribution in [1.82, 2.24) is 5.32 Å². The van der Waals surface area contributed by atoms with E-state index in [1.807, 2.05) is 5.32 Å². The number of aryl methyl sites for hydroxylation is 1. The first-order chi connectivity index (χ1) is 10.2. The summed E-state index contributed by atoms with van der Waals surface area (Å²) in [5.74, 6) is -4.15. The van der Waals surface area contributed by atoms with Gasteiger partial charge in [0, 0.05) is 9.86 Å². The first kappa shape index (κ1) is 16.6. The summed E-state index contributed by atoms with van der Waals surface area (Å²) in [6.45, 7) is -0.287. The lowest BCUT2D eigenvalue weighted by molar-refractivity contribution is 0.0118. The average molecular weight is 375 g/mol. The molecule has 3 N–H and O–H groups in total. The van der Waals surface area contributed by atoms with Crippen LogP contribution < -0.4 is 16.7 Å². The monoisotopic (exact) mass is 374 g/mol. The Kier molecular flexibility index (Phi) is 4.62. The Morgan fingerprint density at radius 3 is 2.77 bits per heavy atom. The van der Waals surface area contributed by atoms with Gasteiger partial charge in [0.05, 0.1) is 13.1 Å². The number of amides is 1. The number of alkyl halides is 2. The third-order valence-electron chi connectivity index (χ3n) is 3.16. The summed E-state index contributed by atoms with van der Waals surface area (Å²) in [7, 11) is 0. The largest absolute Gasteiger partial charge is 0.422 e. The molecule has 1 amide bonds. The molecule has 5 nitrogen and oxygen atoms in total. The highest BCUT2D eigenvalue weighted by Crippen LogP contribution is 2.23. The van der Waals surface area contributed by atoms with Crippen LogP contribution in [0.3, 0.4) is 0 Å². The van der Waals surface area contributed by atoms with Crippen molar-refractivity contribution in [3.05, 3.63) is 44.2 Å². The zero-order chi connectivity index (χ0) is 16.5. The van der Waals surface area contributed by atoms with Crippen LogP contribution in [0.4, 0.5) is 8.78 Å². The Hall–Kier alpha value is -1.80. The van der Waals surface area contributed by atoms with Crippen LogP contribution in [0.5, 0.6) is 0 Å². The number of benzene rings is 1. The highest BCUT2D eigenvalue weighted by molar-refractivity contribution is 9.10.